The summed E-state index contributed by atoms with van der Waals surface area (Å²) in [5.74, 6) is 1.03. The van der Waals surface area contributed by atoms with Gasteiger partial charge in [0.15, 0.2) is 0 Å². The molecule has 0 bridgehead atoms. The summed E-state index contributed by atoms with van der Waals surface area (Å²) in [4.78, 5) is 9.74. The molecule has 0 radical (unpaired) electrons. The third-order valence-electron chi connectivity index (χ3n) is 16.8. The van der Waals surface area contributed by atoms with Gasteiger partial charge in [-0.2, -0.15) is 0 Å². The highest BCUT2D eigenvalue weighted by Gasteiger charge is 2.45. The molecule has 4 nitrogen and oxygen atoms in total. The molecule has 344 valence electrons. The van der Waals surface area contributed by atoms with E-state index in [1.807, 2.05) is 0 Å². The Morgan fingerprint density at radius 1 is 0.521 bits per heavy atom. The summed E-state index contributed by atoms with van der Waals surface area (Å²) in [6.07, 6.45) is 24.2. The summed E-state index contributed by atoms with van der Waals surface area (Å²) in [5.41, 5.74) is 21.6. The molecule has 14 rings (SSSR count). The van der Waals surface area contributed by atoms with Crippen molar-refractivity contribution in [3.05, 3.63) is 246 Å². The highest BCUT2D eigenvalue weighted by Crippen LogP contribution is 2.57. The Kier molecular flexibility index (Phi) is 9.42. The first-order valence-electron chi connectivity index (χ1n) is 25.5. The van der Waals surface area contributed by atoms with Crippen molar-refractivity contribution in [2.45, 2.75) is 50.4 Å². The summed E-state index contributed by atoms with van der Waals surface area (Å²) < 4.78 is 0. The smallest absolute Gasteiger partial charge is 0.0699 e. The molecule has 8 aromatic rings. The van der Waals surface area contributed by atoms with Crippen LogP contribution >= 0.6 is 0 Å². The topological polar surface area (TPSA) is 13.0 Å². The van der Waals surface area contributed by atoms with Gasteiger partial charge in [0.05, 0.1) is 39.8 Å². The first-order chi connectivity index (χ1) is 34.8. The molecular weight excluding hydrogens is 861 g/mol. The van der Waals surface area contributed by atoms with Crippen molar-refractivity contribution in [3.8, 4) is 11.1 Å². The number of hydrogen-bond acceptors (Lipinski definition) is 4. The molecule has 0 fully saturated rings. The van der Waals surface area contributed by atoms with E-state index in [1.165, 1.54) is 112 Å². The number of para-hydroxylation sites is 6. The summed E-state index contributed by atoms with van der Waals surface area (Å²) in [5, 5.41) is 5.03. The number of nitrogens with zero attached hydrogens (tertiary/aromatic N) is 4. The standard InChI is InChI=1S/C67H56N4/c1-67(2)55-25-11-10-23-48(55)49-37-34-44(40-56(49)67)47-22-8-9-24-50(47)66-52-39-36-45(70-61-30-16-12-26-57(61)68(3)58-27-13-17-31-62(58)70)41-53(52)65(43-20-6-5-7-21-43)51-38-35-46(42-54(51)66)71-63-32-18-14-28-59(63)69(4)60-29-15-19-33-64(60)71/h5-14,16-21,23-28,30-42,47-48,55H,15,22,29H2,1-4H3. The van der Waals surface area contributed by atoms with E-state index >= 15 is 0 Å². The Morgan fingerprint density at radius 2 is 1.13 bits per heavy atom. The lowest BCUT2D eigenvalue weighted by Gasteiger charge is -2.41. The van der Waals surface area contributed by atoms with Gasteiger partial charge in [-0.15, -0.1) is 0 Å². The van der Waals surface area contributed by atoms with Crippen molar-refractivity contribution in [1.82, 2.24) is 0 Å². The van der Waals surface area contributed by atoms with Gasteiger partial charge in [0, 0.05) is 43.0 Å². The van der Waals surface area contributed by atoms with E-state index in [0.29, 0.717) is 11.8 Å². The molecular formula is C67H56N4. The van der Waals surface area contributed by atoms with E-state index in [9.17, 15) is 0 Å². The van der Waals surface area contributed by atoms with E-state index in [2.05, 4.69) is 260 Å². The zero-order valence-electron chi connectivity index (χ0n) is 40.8. The minimum Gasteiger partial charge on any atom is -0.345 e. The monoisotopic (exact) mass is 916 g/mol. The molecule has 0 saturated heterocycles. The first kappa shape index (κ1) is 41.9. The average Bonchev–Trinajstić information content (AvgIpc) is 3.65. The largest absolute Gasteiger partial charge is 0.345 e. The Labute approximate surface area is 417 Å². The van der Waals surface area contributed by atoms with E-state index in [0.717, 1.165) is 24.9 Å². The van der Waals surface area contributed by atoms with E-state index in [4.69, 9.17) is 0 Å². The molecule has 6 aliphatic rings. The molecule has 2 heterocycles. The third kappa shape index (κ3) is 6.23. The van der Waals surface area contributed by atoms with Crippen molar-refractivity contribution < 1.29 is 0 Å². The van der Waals surface area contributed by atoms with Crippen LogP contribution < -0.4 is 19.6 Å². The molecule has 3 atom stereocenters. The second kappa shape index (κ2) is 16.0. The Morgan fingerprint density at radius 3 is 1.85 bits per heavy atom. The third-order valence-corrected chi connectivity index (χ3v) is 16.8. The maximum Gasteiger partial charge on any atom is 0.0699 e. The summed E-state index contributed by atoms with van der Waals surface area (Å²) in [6.45, 7) is 4.92. The zero-order valence-corrected chi connectivity index (χ0v) is 40.8. The predicted octanol–water partition coefficient (Wildman–Crippen LogP) is 17.6. The predicted molar refractivity (Wildman–Crippen MR) is 300 cm³/mol. The highest BCUT2D eigenvalue weighted by molar-refractivity contribution is 6.21. The van der Waals surface area contributed by atoms with Gasteiger partial charge in [0.25, 0.3) is 0 Å². The maximum absolute atomic E-state index is 2.59. The molecule has 2 aliphatic heterocycles. The fourth-order valence-corrected chi connectivity index (χ4v) is 13.4. The molecule has 71 heavy (non-hydrogen) atoms. The van der Waals surface area contributed by atoms with Crippen LogP contribution in [0.5, 0.6) is 0 Å². The zero-order chi connectivity index (χ0) is 47.5. The van der Waals surface area contributed by atoms with Crippen LogP contribution in [0.3, 0.4) is 0 Å². The van der Waals surface area contributed by atoms with Crippen LogP contribution in [0, 0.1) is 5.92 Å². The summed E-state index contributed by atoms with van der Waals surface area (Å²) in [7, 11) is 4.42. The van der Waals surface area contributed by atoms with Crippen LogP contribution in [0.25, 0.3) is 38.2 Å². The van der Waals surface area contributed by atoms with Gasteiger partial charge >= 0.3 is 0 Å². The van der Waals surface area contributed by atoms with Crippen molar-refractivity contribution >= 4 is 72.6 Å². The van der Waals surface area contributed by atoms with Gasteiger partial charge in [0.2, 0.25) is 0 Å². The Balaban J connectivity index is 1.05. The van der Waals surface area contributed by atoms with E-state index < -0.39 is 0 Å². The van der Waals surface area contributed by atoms with Crippen LogP contribution in [-0.2, 0) is 5.41 Å². The Hall–Kier alpha value is -8.08. The molecule has 8 aromatic carbocycles. The second-order valence-corrected chi connectivity index (χ2v) is 20.8. The molecule has 0 amide bonds. The number of allylic oxidation sites excluding steroid dienone is 11. The van der Waals surface area contributed by atoms with Gasteiger partial charge in [0.1, 0.15) is 0 Å². The lowest BCUT2D eigenvalue weighted by atomic mass is 9.73. The number of anilines is 8. The minimum atomic E-state index is 0.0219. The number of rotatable bonds is 5. The fraction of sp³-hybridized carbons (Fsp3) is 0.164. The number of benzene rings is 8. The van der Waals surface area contributed by atoms with E-state index in [1.54, 1.807) is 0 Å². The minimum absolute atomic E-state index is 0.0219. The van der Waals surface area contributed by atoms with Gasteiger partial charge in [-0.25, -0.2) is 0 Å². The maximum atomic E-state index is 2.59. The van der Waals surface area contributed by atoms with Crippen molar-refractivity contribution in [1.29, 1.82) is 0 Å². The van der Waals surface area contributed by atoms with Crippen LogP contribution in [0.2, 0.25) is 0 Å². The van der Waals surface area contributed by atoms with Crippen LogP contribution in [0.15, 0.2) is 224 Å². The molecule has 0 saturated carbocycles. The van der Waals surface area contributed by atoms with Crippen LogP contribution in [0.4, 0.5) is 45.5 Å². The molecule has 0 aromatic heterocycles. The molecule has 0 N–H and O–H groups in total. The van der Waals surface area contributed by atoms with E-state index in [-0.39, 0.29) is 11.3 Å². The summed E-state index contributed by atoms with van der Waals surface area (Å²) in [6, 6.07) is 59.9. The van der Waals surface area contributed by atoms with Crippen molar-refractivity contribution in [2.75, 3.05) is 33.7 Å². The Bertz CT molecular complexity index is 3680. The van der Waals surface area contributed by atoms with Crippen molar-refractivity contribution in [2.24, 2.45) is 5.92 Å². The van der Waals surface area contributed by atoms with Gasteiger partial charge in [-0.3, -0.25) is 0 Å². The quantitative estimate of drug-likeness (QED) is 0.160. The van der Waals surface area contributed by atoms with Crippen molar-refractivity contribution in [3.63, 3.8) is 0 Å². The van der Waals surface area contributed by atoms with Crippen LogP contribution in [0.1, 0.15) is 67.2 Å². The highest BCUT2D eigenvalue weighted by atomic mass is 15.3. The molecule has 4 heteroatoms. The van der Waals surface area contributed by atoms with Gasteiger partial charge in [-0.05, 0) is 158 Å². The first-order valence-corrected chi connectivity index (χ1v) is 25.5. The van der Waals surface area contributed by atoms with Gasteiger partial charge < -0.3 is 19.6 Å². The second-order valence-electron chi connectivity index (χ2n) is 20.8. The normalized spacial score (nSPS) is 20.2. The van der Waals surface area contributed by atoms with Gasteiger partial charge in [-0.1, -0.05) is 160 Å². The number of hydrogen-bond donors (Lipinski definition) is 0. The summed E-state index contributed by atoms with van der Waals surface area (Å²) >= 11 is 0. The lowest BCUT2D eigenvalue weighted by molar-refractivity contribution is 0.394. The SMILES string of the molecule is CN1C2=C(C=CCC2)N(c2ccc3c(-c4ccccc4)c4cc(N5c6ccccc6N(C)c6ccccc65)ccc4c(C4=CC=CCC4c4ccc5c(c4)C(C)(C)C4C=CC=CC54)c3c2)c2ccccc21. The molecule has 0 spiro atoms. The molecule has 3 unspecified atom stereocenters. The number of fused-ring (bicyclic) bond motifs is 8. The van der Waals surface area contributed by atoms with Crippen LogP contribution in [-0.4, -0.2) is 14.1 Å². The lowest BCUT2D eigenvalue weighted by Crippen LogP contribution is -2.32. The average molecular weight is 917 g/mol. The fourth-order valence-electron chi connectivity index (χ4n) is 13.4. The molecule has 4 aliphatic carbocycles.